The molecule has 5 nitrogen and oxygen atoms in total. The molecule has 5 heteroatoms. The summed E-state index contributed by atoms with van der Waals surface area (Å²) in [6.07, 6.45) is 0.309. The lowest BCUT2D eigenvalue weighted by Gasteiger charge is -2.36. The fourth-order valence-corrected chi connectivity index (χ4v) is 2.77. The summed E-state index contributed by atoms with van der Waals surface area (Å²) in [6, 6.07) is 12.4. The number of hydrogen-bond donors (Lipinski definition) is 1. The van der Waals surface area contributed by atoms with E-state index in [2.05, 4.69) is 28.4 Å². The number of likely N-dealkylation sites (tertiary alicyclic amines) is 1. The quantitative estimate of drug-likeness (QED) is 0.931. The predicted molar refractivity (Wildman–Crippen MR) is 88.6 cm³/mol. The Bertz CT molecular complexity index is 560. The highest BCUT2D eigenvalue weighted by Gasteiger charge is 2.31. The molecule has 0 saturated carbocycles. The van der Waals surface area contributed by atoms with Crippen molar-refractivity contribution in [3.05, 3.63) is 35.9 Å². The molecule has 1 aromatic carbocycles. The van der Waals surface area contributed by atoms with Crippen molar-refractivity contribution in [2.75, 3.05) is 13.1 Å². The van der Waals surface area contributed by atoms with E-state index < -0.39 is 11.7 Å². The Balaban J connectivity index is 1.89. The molecule has 0 radical (unpaired) electrons. The molecular formula is C18H25N3O2. The third-order valence-electron chi connectivity index (χ3n) is 3.81. The number of carbonyl (C=O) groups excluding carboxylic acids is 1. The van der Waals surface area contributed by atoms with Crippen LogP contribution < -0.4 is 5.32 Å². The molecule has 1 fully saturated rings. The lowest BCUT2D eigenvalue weighted by atomic mass is 9.93. The van der Waals surface area contributed by atoms with Crippen LogP contribution in [0.5, 0.6) is 0 Å². The van der Waals surface area contributed by atoms with Gasteiger partial charge in [-0.25, -0.2) is 4.79 Å². The van der Waals surface area contributed by atoms with Crippen LogP contribution in [0, 0.1) is 17.2 Å². The molecule has 0 bridgehead atoms. The zero-order valence-electron chi connectivity index (χ0n) is 14.1. The molecule has 1 aliphatic heterocycles. The first-order valence-corrected chi connectivity index (χ1v) is 8.03. The minimum Gasteiger partial charge on any atom is -0.444 e. The summed E-state index contributed by atoms with van der Waals surface area (Å²) in [5.74, 6) is -0.222. The highest BCUT2D eigenvalue weighted by molar-refractivity contribution is 5.68. The molecule has 2 unspecified atom stereocenters. The number of ether oxygens (including phenoxy) is 1. The molecule has 0 spiro atoms. The van der Waals surface area contributed by atoms with E-state index in [1.165, 1.54) is 5.56 Å². The van der Waals surface area contributed by atoms with Crippen molar-refractivity contribution in [1.82, 2.24) is 10.2 Å². The first-order chi connectivity index (χ1) is 10.9. The van der Waals surface area contributed by atoms with Gasteiger partial charge in [-0.1, -0.05) is 30.3 Å². The molecule has 124 valence electrons. The molecule has 2 rings (SSSR count). The normalized spacial score (nSPS) is 22.2. The standard InChI is InChI=1S/C18H25N3O2/c1-18(2,3)23-17(22)20-16-9-10-21(13-15(16)11-19)12-14-7-5-4-6-8-14/h4-8,15-16H,9-10,12-13H2,1-3H3,(H,20,22). The number of alkyl carbamates (subject to hydrolysis) is 1. The smallest absolute Gasteiger partial charge is 0.407 e. The monoisotopic (exact) mass is 315 g/mol. The number of hydrogen-bond acceptors (Lipinski definition) is 4. The van der Waals surface area contributed by atoms with Gasteiger partial charge in [0.15, 0.2) is 0 Å². The predicted octanol–water partition coefficient (Wildman–Crippen LogP) is 2.93. The van der Waals surface area contributed by atoms with Gasteiger partial charge in [0.05, 0.1) is 18.0 Å². The van der Waals surface area contributed by atoms with Gasteiger partial charge >= 0.3 is 6.09 Å². The summed E-state index contributed by atoms with van der Waals surface area (Å²) in [6.45, 7) is 7.84. The van der Waals surface area contributed by atoms with Gasteiger partial charge in [0, 0.05) is 19.6 Å². The van der Waals surface area contributed by atoms with Crippen molar-refractivity contribution in [3.63, 3.8) is 0 Å². The second-order valence-corrected chi connectivity index (χ2v) is 7.00. The van der Waals surface area contributed by atoms with E-state index in [1.54, 1.807) is 0 Å². The van der Waals surface area contributed by atoms with Gasteiger partial charge in [-0.3, -0.25) is 4.90 Å². The van der Waals surface area contributed by atoms with Crippen LogP contribution in [-0.4, -0.2) is 35.7 Å². The van der Waals surface area contributed by atoms with Crippen LogP contribution in [0.2, 0.25) is 0 Å². The van der Waals surface area contributed by atoms with E-state index in [0.29, 0.717) is 6.54 Å². The Kier molecular flexibility index (Phi) is 5.62. The van der Waals surface area contributed by atoms with E-state index in [1.807, 2.05) is 39.0 Å². The molecule has 1 aromatic rings. The highest BCUT2D eigenvalue weighted by Crippen LogP contribution is 2.19. The topological polar surface area (TPSA) is 65.4 Å². The van der Waals surface area contributed by atoms with Crippen LogP contribution in [-0.2, 0) is 11.3 Å². The van der Waals surface area contributed by atoms with Crippen molar-refractivity contribution in [2.24, 2.45) is 5.92 Å². The second kappa shape index (κ2) is 7.47. The van der Waals surface area contributed by atoms with Crippen molar-refractivity contribution in [3.8, 4) is 6.07 Å². The number of amides is 1. The fraction of sp³-hybridized carbons (Fsp3) is 0.556. The lowest BCUT2D eigenvalue weighted by Crippen LogP contribution is -2.51. The van der Waals surface area contributed by atoms with Crippen LogP contribution in [0.15, 0.2) is 30.3 Å². The van der Waals surface area contributed by atoms with E-state index in [0.717, 1.165) is 19.5 Å². The van der Waals surface area contributed by atoms with E-state index in [-0.39, 0.29) is 12.0 Å². The Morgan fingerprint density at radius 3 is 2.70 bits per heavy atom. The van der Waals surface area contributed by atoms with E-state index in [9.17, 15) is 10.1 Å². The summed E-state index contributed by atoms with van der Waals surface area (Å²) in [5.41, 5.74) is 0.711. The maximum Gasteiger partial charge on any atom is 0.407 e. The van der Waals surface area contributed by atoms with Gasteiger partial charge in [-0.15, -0.1) is 0 Å². The maximum absolute atomic E-state index is 11.9. The summed E-state index contributed by atoms with van der Waals surface area (Å²) in [5, 5.41) is 12.3. The van der Waals surface area contributed by atoms with Crippen LogP contribution in [0.1, 0.15) is 32.8 Å². The zero-order chi connectivity index (χ0) is 16.9. The molecule has 1 saturated heterocycles. The number of nitrogens with one attached hydrogen (secondary N) is 1. The summed E-state index contributed by atoms with van der Waals surface area (Å²) >= 11 is 0. The number of benzene rings is 1. The van der Waals surface area contributed by atoms with Crippen molar-refractivity contribution in [1.29, 1.82) is 5.26 Å². The molecule has 0 aromatic heterocycles. The Labute approximate surface area is 138 Å². The van der Waals surface area contributed by atoms with Crippen molar-refractivity contribution < 1.29 is 9.53 Å². The number of nitrogens with zero attached hydrogens (tertiary/aromatic N) is 2. The van der Waals surface area contributed by atoms with E-state index >= 15 is 0 Å². The van der Waals surface area contributed by atoms with Crippen molar-refractivity contribution >= 4 is 6.09 Å². The molecule has 1 heterocycles. The van der Waals surface area contributed by atoms with Gasteiger partial charge in [-0.2, -0.15) is 5.26 Å². The molecule has 1 aliphatic rings. The van der Waals surface area contributed by atoms with Crippen LogP contribution in [0.25, 0.3) is 0 Å². The Morgan fingerprint density at radius 2 is 2.09 bits per heavy atom. The largest absolute Gasteiger partial charge is 0.444 e. The van der Waals surface area contributed by atoms with Crippen LogP contribution >= 0.6 is 0 Å². The summed E-state index contributed by atoms with van der Waals surface area (Å²) in [4.78, 5) is 14.2. The summed E-state index contributed by atoms with van der Waals surface area (Å²) in [7, 11) is 0. The molecule has 2 atom stereocenters. The summed E-state index contributed by atoms with van der Waals surface area (Å²) < 4.78 is 5.28. The van der Waals surface area contributed by atoms with Gasteiger partial charge < -0.3 is 10.1 Å². The first kappa shape index (κ1) is 17.3. The third kappa shape index (κ3) is 5.57. The molecule has 23 heavy (non-hydrogen) atoms. The van der Waals surface area contributed by atoms with Crippen LogP contribution in [0.3, 0.4) is 0 Å². The second-order valence-electron chi connectivity index (χ2n) is 7.00. The Hall–Kier alpha value is -2.06. The molecule has 1 N–H and O–H groups in total. The number of rotatable bonds is 3. The number of carbonyl (C=O) groups is 1. The SMILES string of the molecule is CC(C)(C)OC(=O)NC1CCN(Cc2ccccc2)CC1C#N. The van der Waals surface area contributed by atoms with Gasteiger partial charge in [0.25, 0.3) is 0 Å². The average molecular weight is 315 g/mol. The maximum atomic E-state index is 11.9. The fourth-order valence-electron chi connectivity index (χ4n) is 2.77. The Morgan fingerprint density at radius 1 is 1.39 bits per heavy atom. The van der Waals surface area contributed by atoms with Gasteiger partial charge in [0.1, 0.15) is 5.60 Å². The van der Waals surface area contributed by atoms with Crippen LogP contribution in [0.4, 0.5) is 4.79 Å². The minimum atomic E-state index is -0.528. The van der Waals surface area contributed by atoms with Gasteiger partial charge in [0.2, 0.25) is 0 Å². The zero-order valence-corrected chi connectivity index (χ0v) is 14.1. The number of piperidine rings is 1. The molecule has 0 aliphatic carbocycles. The van der Waals surface area contributed by atoms with Crippen molar-refractivity contribution in [2.45, 2.75) is 45.4 Å². The average Bonchev–Trinajstić information content (AvgIpc) is 2.48. The first-order valence-electron chi connectivity index (χ1n) is 8.03. The molecule has 1 amide bonds. The lowest BCUT2D eigenvalue weighted by molar-refractivity contribution is 0.0455. The van der Waals surface area contributed by atoms with Gasteiger partial charge in [-0.05, 0) is 32.8 Å². The van der Waals surface area contributed by atoms with E-state index in [4.69, 9.17) is 4.74 Å². The molecular weight excluding hydrogens is 290 g/mol. The highest BCUT2D eigenvalue weighted by atomic mass is 16.6. The third-order valence-corrected chi connectivity index (χ3v) is 3.81. The number of nitriles is 1. The minimum absolute atomic E-state index is 0.151.